The first-order valence-electron chi connectivity index (χ1n) is 9.90. The van der Waals surface area contributed by atoms with E-state index in [4.69, 9.17) is 9.72 Å². The van der Waals surface area contributed by atoms with Crippen molar-refractivity contribution >= 4 is 17.1 Å². The Balaban J connectivity index is 1.36. The molecule has 0 aliphatic carbocycles. The van der Waals surface area contributed by atoms with E-state index in [1.54, 1.807) is 25.7 Å². The zero-order valence-corrected chi connectivity index (χ0v) is 16.7. The average Bonchev–Trinajstić information content (AvgIpc) is 2.78. The van der Waals surface area contributed by atoms with E-state index in [-0.39, 0.29) is 12.1 Å². The maximum absolute atomic E-state index is 12.7. The number of urea groups is 1. The molecule has 3 aromatic rings. The van der Waals surface area contributed by atoms with Crippen molar-refractivity contribution < 1.29 is 9.53 Å². The van der Waals surface area contributed by atoms with E-state index >= 15 is 0 Å². The third kappa shape index (κ3) is 4.13. The molecular weight excluding hydrogens is 366 g/mol. The number of pyridine rings is 3. The maximum Gasteiger partial charge on any atom is 0.317 e. The van der Waals surface area contributed by atoms with Gasteiger partial charge < -0.3 is 15.0 Å². The van der Waals surface area contributed by atoms with Gasteiger partial charge in [-0.15, -0.1) is 0 Å². The van der Waals surface area contributed by atoms with Gasteiger partial charge in [0, 0.05) is 48.0 Å². The summed E-state index contributed by atoms with van der Waals surface area (Å²) in [5.41, 5.74) is 2.76. The predicted molar refractivity (Wildman–Crippen MR) is 111 cm³/mol. The van der Waals surface area contributed by atoms with Gasteiger partial charge in [-0.25, -0.2) is 14.8 Å². The van der Waals surface area contributed by atoms with Crippen LogP contribution in [-0.4, -0.2) is 46.1 Å². The van der Waals surface area contributed by atoms with Crippen LogP contribution >= 0.6 is 0 Å². The molecule has 4 heterocycles. The molecule has 1 unspecified atom stereocenters. The highest BCUT2D eigenvalue weighted by atomic mass is 16.5. The van der Waals surface area contributed by atoms with Crippen LogP contribution in [0.3, 0.4) is 0 Å². The molecule has 1 fully saturated rings. The molecule has 3 aromatic heterocycles. The zero-order chi connectivity index (χ0) is 20.2. The molecule has 1 atom stereocenters. The van der Waals surface area contributed by atoms with Crippen molar-refractivity contribution in [3.8, 4) is 5.75 Å². The number of rotatable bonds is 4. The van der Waals surface area contributed by atoms with Crippen LogP contribution in [0.2, 0.25) is 0 Å². The molecule has 2 amide bonds. The molecule has 1 saturated heterocycles. The Morgan fingerprint density at radius 3 is 2.83 bits per heavy atom. The molecule has 0 radical (unpaired) electrons. The van der Waals surface area contributed by atoms with Crippen molar-refractivity contribution in [3.05, 3.63) is 60.2 Å². The van der Waals surface area contributed by atoms with Crippen molar-refractivity contribution in [1.29, 1.82) is 0 Å². The van der Waals surface area contributed by atoms with Crippen molar-refractivity contribution in [2.45, 2.75) is 31.7 Å². The number of fused-ring (bicyclic) bond motifs is 1. The normalized spacial score (nSPS) is 15.9. The second-order valence-electron chi connectivity index (χ2n) is 7.34. The number of aromatic nitrogens is 3. The van der Waals surface area contributed by atoms with Crippen molar-refractivity contribution in [3.63, 3.8) is 0 Å². The number of nitrogens with one attached hydrogen (secondary N) is 1. The Kier molecular flexibility index (Phi) is 5.55. The minimum Gasteiger partial charge on any atom is -0.495 e. The first-order chi connectivity index (χ1) is 14.2. The lowest BCUT2D eigenvalue weighted by atomic mass is 9.93. The van der Waals surface area contributed by atoms with Crippen LogP contribution in [-0.2, 0) is 0 Å². The van der Waals surface area contributed by atoms with E-state index in [9.17, 15) is 4.79 Å². The van der Waals surface area contributed by atoms with Gasteiger partial charge in [-0.05, 0) is 50.1 Å². The van der Waals surface area contributed by atoms with Gasteiger partial charge in [0.2, 0.25) is 0 Å². The van der Waals surface area contributed by atoms with E-state index in [1.165, 1.54) is 0 Å². The summed E-state index contributed by atoms with van der Waals surface area (Å²) in [6, 6.07) is 9.76. The van der Waals surface area contributed by atoms with E-state index in [0.717, 1.165) is 35.1 Å². The lowest BCUT2D eigenvalue weighted by Gasteiger charge is -2.32. The van der Waals surface area contributed by atoms with E-state index in [0.29, 0.717) is 24.8 Å². The number of likely N-dealkylation sites (tertiary alicyclic amines) is 1. The maximum atomic E-state index is 12.7. The van der Waals surface area contributed by atoms with Gasteiger partial charge in [-0.1, -0.05) is 0 Å². The predicted octanol–water partition coefficient (Wildman–Crippen LogP) is 3.68. The molecule has 1 aliphatic rings. The number of methoxy groups -OCH3 is 1. The third-order valence-corrected chi connectivity index (χ3v) is 5.53. The highest BCUT2D eigenvalue weighted by Gasteiger charge is 2.26. The molecule has 29 heavy (non-hydrogen) atoms. The molecule has 4 rings (SSSR count). The van der Waals surface area contributed by atoms with Gasteiger partial charge >= 0.3 is 6.03 Å². The highest BCUT2D eigenvalue weighted by Crippen LogP contribution is 2.28. The molecule has 0 aromatic carbocycles. The summed E-state index contributed by atoms with van der Waals surface area (Å²) in [6.45, 7) is 3.37. The molecule has 7 nitrogen and oxygen atoms in total. The molecule has 1 N–H and O–H groups in total. The SMILES string of the molecule is COc1cnccc1C(C)NC(=O)N1CCC(c2ccc3cccnc3n2)CC1. The number of amides is 2. The molecule has 7 heteroatoms. The van der Waals surface area contributed by atoms with E-state index in [2.05, 4.69) is 27.4 Å². The van der Waals surface area contributed by atoms with Crippen molar-refractivity contribution in [1.82, 2.24) is 25.2 Å². The van der Waals surface area contributed by atoms with Crippen LogP contribution in [0, 0.1) is 0 Å². The summed E-state index contributed by atoms with van der Waals surface area (Å²) in [4.78, 5) is 27.8. The van der Waals surface area contributed by atoms with E-state index < -0.39 is 0 Å². The number of nitrogens with zero attached hydrogens (tertiary/aromatic N) is 4. The molecular formula is C22H25N5O2. The summed E-state index contributed by atoms with van der Waals surface area (Å²) >= 11 is 0. The van der Waals surface area contributed by atoms with Gasteiger partial charge in [0.05, 0.1) is 19.3 Å². The smallest absolute Gasteiger partial charge is 0.317 e. The Morgan fingerprint density at radius 1 is 1.21 bits per heavy atom. The lowest BCUT2D eigenvalue weighted by molar-refractivity contribution is 0.178. The Hall–Kier alpha value is -3.22. The summed E-state index contributed by atoms with van der Waals surface area (Å²) < 4.78 is 5.35. The molecule has 150 valence electrons. The third-order valence-electron chi connectivity index (χ3n) is 5.53. The first kappa shape index (κ1) is 19.1. The van der Waals surface area contributed by atoms with Crippen LogP contribution in [0.4, 0.5) is 4.79 Å². The second-order valence-corrected chi connectivity index (χ2v) is 7.34. The quantitative estimate of drug-likeness (QED) is 0.734. The summed E-state index contributed by atoms with van der Waals surface area (Å²) in [5.74, 6) is 1.03. The zero-order valence-electron chi connectivity index (χ0n) is 16.7. The summed E-state index contributed by atoms with van der Waals surface area (Å²) in [5, 5.41) is 4.12. The highest BCUT2D eigenvalue weighted by molar-refractivity contribution is 5.75. The fraction of sp³-hybridized carbons (Fsp3) is 0.364. The van der Waals surface area contributed by atoms with Gasteiger partial charge in [0.1, 0.15) is 5.75 Å². The Labute approximate surface area is 170 Å². The largest absolute Gasteiger partial charge is 0.495 e. The van der Waals surface area contributed by atoms with Gasteiger partial charge in [-0.2, -0.15) is 0 Å². The summed E-state index contributed by atoms with van der Waals surface area (Å²) in [7, 11) is 1.61. The number of piperidine rings is 1. The lowest BCUT2D eigenvalue weighted by Crippen LogP contribution is -2.44. The minimum atomic E-state index is -0.161. The number of hydrogen-bond acceptors (Lipinski definition) is 5. The topological polar surface area (TPSA) is 80.2 Å². The standard InChI is InChI=1S/C22H25N5O2/c1-15(18-7-11-23-14-20(18)29-2)25-22(28)27-12-8-16(9-13-27)19-6-5-17-4-3-10-24-21(17)26-19/h3-7,10-11,14-16H,8-9,12-13H2,1-2H3,(H,25,28). The number of ether oxygens (including phenoxy) is 1. The Morgan fingerprint density at radius 2 is 2.03 bits per heavy atom. The number of carbonyl (C=O) groups is 1. The van der Waals surface area contributed by atoms with Crippen LogP contribution < -0.4 is 10.1 Å². The van der Waals surface area contributed by atoms with Crippen LogP contribution in [0.1, 0.15) is 43.0 Å². The van der Waals surface area contributed by atoms with Crippen LogP contribution in [0.15, 0.2) is 48.9 Å². The van der Waals surface area contributed by atoms with Gasteiger partial charge in [0.25, 0.3) is 0 Å². The number of hydrogen-bond donors (Lipinski definition) is 1. The fourth-order valence-corrected chi connectivity index (χ4v) is 3.85. The molecule has 0 bridgehead atoms. The Bertz CT molecular complexity index is 1000. The van der Waals surface area contributed by atoms with E-state index in [1.807, 2.05) is 30.0 Å². The minimum absolute atomic E-state index is 0.0528. The molecule has 0 saturated carbocycles. The van der Waals surface area contributed by atoms with Crippen molar-refractivity contribution in [2.24, 2.45) is 0 Å². The van der Waals surface area contributed by atoms with Crippen molar-refractivity contribution in [2.75, 3.05) is 20.2 Å². The van der Waals surface area contributed by atoms with Crippen LogP contribution in [0.25, 0.3) is 11.0 Å². The first-order valence-corrected chi connectivity index (χ1v) is 9.90. The second kappa shape index (κ2) is 8.43. The molecule has 1 aliphatic heterocycles. The van der Waals surface area contributed by atoms with Crippen LogP contribution in [0.5, 0.6) is 5.75 Å². The number of carbonyl (C=O) groups excluding carboxylic acids is 1. The van der Waals surface area contributed by atoms with Gasteiger partial charge in [0.15, 0.2) is 5.65 Å². The monoisotopic (exact) mass is 391 g/mol. The average molecular weight is 391 g/mol. The molecule has 0 spiro atoms. The van der Waals surface area contributed by atoms with Gasteiger partial charge in [-0.3, -0.25) is 4.98 Å². The fourth-order valence-electron chi connectivity index (χ4n) is 3.85. The summed E-state index contributed by atoms with van der Waals surface area (Å²) in [6.07, 6.45) is 6.93.